The minimum atomic E-state index is -0.745. The summed E-state index contributed by atoms with van der Waals surface area (Å²) in [5, 5.41) is 7.11. The molecule has 0 aliphatic carbocycles. The lowest BCUT2D eigenvalue weighted by molar-refractivity contribution is -0.128. The molecule has 0 bridgehead atoms. The Hall–Kier alpha value is -1.59. The van der Waals surface area contributed by atoms with E-state index in [2.05, 4.69) is 16.0 Å². The molecule has 1 unspecified atom stereocenters. The zero-order valence-electron chi connectivity index (χ0n) is 8.79. The number of urea groups is 1. The fraction of sp³-hybridized carbons (Fsp3) is 0.667. The topological polar surface area (TPSA) is 87.3 Å². The average molecular weight is 213 g/mol. The van der Waals surface area contributed by atoms with Crippen molar-refractivity contribution in [3.8, 4) is 0 Å². The summed E-state index contributed by atoms with van der Waals surface area (Å²) in [6.07, 6.45) is -0.00430. The average Bonchev–Trinajstić information content (AvgIpc) is 2.12. The number of hydrogen-bond acceptors (Lipinski definition) is 3. The summed E-state index contributed by atoms with van der Waals surface area (Å²) < 4.78 is 0. The lowest BCUT2D eigenvalue weighted by Crippen LogP contribution is -2.57. The maximum absolute atomic E-state index is 11.5. The van der Waals surface area contributed by atoms with Gasteiger partial charge in [-0.3, -0.25) is 14.9 Å². The minimum Gasteiger partial charge on any atom is -0.354 e. The summed E-state index contributed by atoms with van der Waals surface area (Å²) in [7, 11) is 0. The molecule has 6 heteroatoms. The molecule has 0 aromatic heterocycles. The molecule has 1 saturated heterocycles. The van der Waals surface area contributed by atoms with Gasteiger partial charge < -0.3 is 10.6 Å². The fourth-order valence-electron chi connectivity index (χ4n) is 1.19. The van der Waals surface area contributed by atoms with Gasteiger partial charge in [0.05, 0.1) is 6.42 Å². The van der Waals surface area contributed by atoms with Crippen LogP contribution in [-0.2, 0) is 9.59 Å². The van der Waals surface area contributed by atoms with E-state index in [0.29, 0.717) is 12.5 Å². The van der Waals surface area contributed by atoms with Crippen molar-refractivity contribution in [1.82, 2.24) is 16.0 Å². The van der Waals surface area contributed by atoms with Crippen LogP contribution >= 0.6 is 0 Å². The first-order valence-electron chi connectivity index (χ1n) is 4.87. The Bertz CT molecular complexity index is 272. The van der Waals surface area contributed by atoms with Gasteiger partial charge in [0, 0.05) is 6.54 Å². The van der Waals surface area contributed by atoms with Crippen molar-refractivity contribution in [1.29, 1.82) is 0 Å². The molecule has 3 N–H and O–H groups in total. The molecule has 1 atom stereocenters. The van der Waals surface area contributed by atoms with E-state index in [-0.39, 0.29) is 12.3 Å². The Labute approximate surface area is 87.8 Å². The van der Waals surface area contributed by atoms with E-state index in [9.17, 15) is 14.4 Å². The van der Waals surface area contributed by atoms with E-state index in [0.717, 1.165) is 0 Å². The molecule has 0 radical (unpaired) electrons. The van der Waals surface area contributed by atoms with Crippen LogP contribution in [0.2, 0.25) is 0 Å². The van der Waals surface area contributed by atoms with Crippen molar-refractivity contribution >= 4 is 17.8 Å². The molecule has 1 aliphatic heterocycles. The van der Waals surface area contributed by atoms with E-state index in [4.69, 9.17) is 0 Å². The summed E-state index contributed by atoms with van der Waals surface area (Å²) in [5.41, 5.74) is 0. The maximum Gasteiger partial charge on any atom is 0.322 e. The maximum atomic E-state index is 11.5. The third-order valence-electron chi connectivity index (χ3n) is 1.95. The normalized spacial score (nSPS) is 20.9. The molecular weight excluding hydrogens is 198 g/mol. The van der Waals surface area contributed by atoms with Crippen LogP contribution < -0.4 is 16.0 Å². The molecule has 15 heavy (non-hydrogen) atoms. The van der Waals surface area contributed by atoms with Crippen molar-refractivity contribution in [2.75, 3.05) is 6.54 Å². The van der Waals surface area contributed by atoms with E-state index in [1.165, 1.54) is 0 Å². The molecule has 1 rings (SSSR count). The Morgan fingerprint density at radius 1 is 1.53 bits per heavy atom. The summed E-state index contributed by atoms with van der Waals surface area (Å²) in [6.45, 7) is 4.46. The monoisotopic (exact) mass is 213 g/mol. The lowest BCUT2D eigenvalue weighted by atomic mass is 10.1. The molecule has 0 spiro atoms. The zero-order chi connectivity index (χ0) is 11.4. The van der Waals surface area contributed by atoms with Gasteiger partial charge in [0.15, 0.2) is 0 Å². The van der Waals surface area contributed by atoms with Gasteiger partial charge in [-0.15, -0.1) is 0 Å². The molecule has 1 aliphatic rings. The summed E-state index contributed by atoms with van der Waals surface area (Å²) >= 11 is 0. The highest BCUT2D eigenvalue weighted by Gasteiger charge is 2.28. The van der Waals surface area contributed by atoms with Crippen molar-refractivity contribution in [2.24, 2.45) is 5.92 Å². The standard InChI is InChI=1S/C9H15N3O3/c1-5(2)4-10-8(14)6-3-7(13)12-9(15)11-6/h5-6H,3-4H2,1-2H3,(H,10,14)(H2,11,12,13,15). The molecule has 1 fully saturated rings. The SMILES string of the molecule is CC(C)CNC(=O)C1CC(=O)NC(=O)N1. The van der Waals surface area contributed by atoms with Gasteiger partial charge in [0.25, 0.3) is 0 Å². The Kier molecular flexibility index (Phi) is 3.65. The van der Waals surface area contributed by atoms with Crippen LogP contribution in [0.1, 0.15) is 20.3 Å². The molecular formula is C9H15N3O3. The van der Waals surface area contributed by atoms with E-state index in [1.54, 1.807) is 0 Å². The van der Waals surface area contributed by atoms with E-state index >= 15 is 0 Å². The van der Waals surface area contributed by atoms with Crippen LogP contribution in [0.4, 0.5) is 4.79 Å². The van der Waals surface area contributed by atoms with Gasteiger partial charge in [0.1, 0.15) is 6.04 Å². The van der Waals surface area contributed by atoms with Crippen LogP contribution in [0.25, 0.3) is 0 Å². The molecule has 6 nitrogen and oxygen atoms in total. The number of nitrogens with one attached hydrogen (secondary N) is 3. The quantitative estimate of drug-likeness (QED) is 0.582. The van der Waals surface area contributed by atoms with Gasteiger partial charge in [0.2, 0.25) is 11.8 Å². The van der Waals surface area contributed by atoms with Crippen LogP contribution in [0.3, 0.4) is 0 Å². The second kappa shape index (κ2) is 4.77. The van der Waals surface area contributed by atoms with Gasteiger partial charge in [-0.05, 0) is 5.92 Å². The second-order valence-electron chi connectivity index (χ2n) is 3.92. The first kappa shape index (κ1) is 11.5. The summed E-state index contributed by atoms with van der Waals surface area (Å²) in [5.74, 6) is -0.405. The van der Waals surface area contributed by atoms with Crippen LogP contribution in [0.15, 0.2) is 0 Å². The highest BCUT2D eigenvalue weighted by atomic mass is 16.2. The summed E-state index contributed by atoms with van der Waals surface area (Å²) in [4.78, 5) is 33.4. The second-order valence-corrected chi connectivity index (χ2v) is 3.92. The zero-order valence-corrected chi connectivity index (χ0v) is 8.79. The Morgan fingerprint density at radius 2 is 2.20 bits per heavy atom. The molecule has 4 amide bonds. The molecule has 0 saturated carbocycles. The number of carbonyl (C=O) groups excluding carboxylic acids is 3. The van der Waals surface area contributed by atoms with Crippen LogP contribution in [0, 0.1) is 5.92 Å². The van der Waals surface area contributed by atoms with Gasteiger partial charge >= 0.3 is 6.03 Å². The highest BCUT2D eigenvalue weighted by molar-refractivity contribution is 6.02. The smallest absolute Gasteiger partial charge is 0.322 e. The van der Waals surface area contributed by atoms with Crippen molar-refractivity contribution in [2.45, 2.75) is 26.3 Å². The van der Waals surface area contributed by atoms with E-state index in [1.807, 2.05) is 13.8 Å². The van der Waals surface area contributed by atoms with Gasteiger partial charge in [-0.2, -0.15) is 0 Å². The molecule has 0 aromatic rings. The fourth-order valence-corrected chi connectivity index (χ4v) is 1.19. The third-order valence-corrected chi connectivity index (χ3v) is 1.95. The van der Waals surface area contributed by atoms with Gasteiger partial charge in [-0.1, -0.05) is 13.8 Å². The largest absolute Gasteiger partial charge is 0.354 e. The number of rotatable bonds is 3. The number of carbonyl (C=O) groups is 3. The van der Waals surface area contributed by atoms with Crippen LogP contribution in [-0.4, -0.2) is 30.4 Å². The molecule has 1 heterocycles. The van der Waals surface area contributed by atoms with E-state index < -0.39 is 18.0 Å². The Balaban J connectivity index is 2.45. The highest BCUT2D eigenvalue weighted by Crippen LogP contribution is 1.98. The predicted molar refractivity (Wildman–Crippen MR) is 52.9 cm³/mol. The predicted octanol–water partition coefficient (Wildman–Crippen LogP) is -0.643. The Morgan fingerprint density at radius 3 is 2.73 bits per heavy atom. The first-order valence-corrected chi connectivity index (χ1v) is 4.87. The minimum absolute atomic E-state index is 0.00430. The summed E-state index contributed by atoms with van der Waals surface area (Å²) in [6, 6.07) is -1.36. The van der Waals surface area contributed by atoms with Gasteiger partial charge in [-0.25, -0.2) is 4.79 Å². The van der Waals surface area contributed by atoms with Crippen LogP contribution in [0.5, 0.6) is 0 Å². The number of hydrogen-bond donors (Lipinski definition) is 3. The number of imide groups is 1. The molecule has 84 valence electrons. The van der Waals surface area contributed by atoms with Crippen molar-refractivity contribution in [3.63, 3.8) is 0 Å². The van der Waals surface area contributed by atoms with Crippen molar-refractivity contribution in [3.05, 3.63) is 0 Å². The number of amides is 4. The van der Waals surface area contributed by atoms with Crippen molar-refractivity contribution < 1.29 is 14.4 Å². The lowest BCUT2D eigenvalue weighted by Gasteiger charge is -2.22. The molecule has 0 aromatic carbocycles. The first-order chi connectivity index (χ1) is 6.99. The third kappa shape index (κ3) is 3.57.